The second kappa shape index (κ2) is 4.63. The Bertz CT molecular complexity index is 504. The summed E-state index contributed by atoms with van der Waals surface area (Å²) in [6.07, 6.45) is 3.74. The molecule has 1 aliphatic carbocycles. The lowest BCUT2D eigenvalue weighted by molar-refractivity contribution is 0.0936. The number of likely N-dealkylation sites (tertiary alicyclic amines) is 1. The molecule has 1 N–H and O–H groups in total. The van der Waals surface area contributed by atoms with E-state index in [2.05, 4.69) is 15.3 Å². The molecule has 0 spiro atoms. The summed E-state index contributed by atoms with van der Waals surface area (Å²) in [5.41, 5.74) is 2.49. The fourth-order valence-electron chi connectivity index (χ4n) is 3.04. The van der Waals surface area contributed by atoms with E-state index >= 15 is 0 Å². The van der Waals surface area contributed by atoms with E-state index in [0.29, 0.717) is 6.04 Å². The zero-order valence-corrected chi connectivity index (χ0v) is 11.9. The van der Waals surface area contributed by atoms with Crippen molar-refractivity contribution in [3.63, 3.8) is 0 Å². The molecule has 1 aromatic heterocycles. The molecule has 1 aromatic rings. The van der Waals surface area contributed by atoms with Gasteiger partial charge in [-0.05, 0) is 33.1 Å². The minimum Gasteiger partial charge on any atom is -0.348 e. The normalized spacial score (nSPS) is 23.8. The number of nitrogens with one attached hydrogen (secondary N) is 1. The minimum atomic E-state index is 0.0331. The van der Waals surface area contributed by atoms with Gasteiger partial charge >= 0.3 is 0 Å². The van der Waals surface area contributed by atoms with Crippen LogP contribution in [0.1, 0.15) is 41.0 Å². The highest BCUT2D eigenvalue weighted by molar-refractivity contribution is 5.96. The molecule has 2 fully saturated rings. The monoisotopic (exact) mass is 262 g/mol. The van der Waals surface area contributed by atoms with Gasteiger partial charge in [0.25, 0.3) is 5.91 Å². The smallest absolute Gasteiger partial charge is 0.255 e. The lowest BCUT2D eigenvalue weighted by Gasteiger charge is -2.15. The fraction of sp³-hybridized carbons (Fsp3) is 0.714. The van der Waals surface area contributed by atoms with Crippen molar-refractivity contribution in [2.24, 2.45) is 7.05 Å². The van der Waals surface area contributed by atoms with Crippen LogP contribution < -0.4 is 5.32 Å². The molecule has 104 valence electrons. The summed E-state index contributed by atoms with van der Waals surface area (Å²) in [5.74, 6) is 0.0331. The van der Waals surface area contributed by atoms with Crippen molar-refractivity contribution >= 4 is 5.91 Å². The summed E-state index contributed by atoms with van der Waals surface area (Å²) in [5, 5.41) is 7.47. The van der Waals surface area contributed by atoms with Crippen molar-refractivity contribution in [1.29, 1.82) is 0 Å². The van der Waals surface area contributed by atoms with Crippen LogP contribution in [0.3, 0.4) is 0 Å². The summed E-state index contributed by atoms with van der Waals surface area (Å²) in [4.78, 5) is 14.9. The van der Waals surface area contributed by atoms with Gasteiger partial charge in [0.2, 0.25) is 0 Å². The number of nitrogens with zero attached hydrogens (tertiary/aromatic N) is 3. The maximum atomic E-state index is 12.4. The first kappa shape index (κ1) is 12.7. The van der Waals surface area contributed by atoms with E-state index in [0.717, 1.165) is 42.5 Å². The van der Waals surface area contributed by atoms with Crippen molar-refractivity contribution in [3.05, 3.63) is 17.0 Å². The standard InChI is InChI=1S/C14H22N4O/c1-9-13(10(2)17(3)16-9)14(19)15-11-6-7-18(8-11)12-4-5-12/h11-12H,4-8H2,1-3H3,(H,15,19). The van der Waals surface area contributed by atoms with Crippen LogP contribution in [0.2, 0.25) is 0 Å². The third-order valence-corrected chi connectivity index (χ3v) is 4.35. The van der Waals surface area contributed by atoms with Gasteiger partial charge in [-0.25, -0.2) is 0 Å². The van der Waals surface area contributed by atoms with Crippen molar-refractivity contribution < 1.29 is 4.79 Å². The maximum Gasteiger partial charge on any atom is 0.255 e. The van der Waals surface area contributed by atoms with Crippen molar-refractivity contribution in [2.45, 2.75) is 45.2 Å². The zero-order chi connectivity index (χ0) is 13.6. The molecule has 1 unspecified atom stereocenters. The quantitative estimate of drug-likeness (QED) is 0.884. The van der Waals surface area contributed by atoms with Gasteiger partial charge in [0.1, 0.15) is 0 Å². The predicted octanol–water partition coefficient (Wildman–Crippen LogP) is 1.00. The average Bonchev–Trinajstić information content (AvgIpc) is 3.04. The SMILES string of the molecule is Cc1nn(C)c(C)c1C(=O)NC1CCN(C2CC2)C1. The van der Waals surface area contributed by atoms with E-state index in [4.69, 9.17) is 0 Å². The molecule has 1 saturated carbocycles. The summed E-state index contributed by atoms with van der Waals surface area (Å²) in [7, 11) is 1.88. The third kappa shape index (κ3) is 2.39. The van der Waals surface area contributed by atoms with Gasteiger partial charge < -0.3 is 5.32 Å². The highest BCUT2D eigenvalue weighted by Gasteiger charge is 2.35. The second-order valence-corrected chi connectivity index (χ2v) is 5.85. The number of aromatic nitrogens is 2. The lowest BCUT2D eigenvalue weighted by Crippen LogP contribution is -2.37. The van der Waals surface area contributed by atoms with Crippen LogP contribution >= 0.6 is 0 Å². The van der Waals surface area contributed by atoms with Gasteiger partial charge in [0.15, 0.2) is 0 Å². The number of amides is 1. The molecule has 1 saturated heterocycles. The summed E-state index contributed by atoms with van der Waals surface area (Å²) in [6, 6.07) is 1.09. The molecule has 5 nitrogen and oxygen atoms in total. The van der Waals surface area contributed by atoms with E-state index in [1.165, 1.54) is 12.8 Å². The number of aryl methyl sites for hydroxylation is 2. The molecule has 2 heterocycles. The minimum absolute atomic E-state index is 0.0331. The number of rotatable bonds is 3. The zero-order valence-electron chi connectivity index (χ0n) is 11.9. The number of hydrogen-bond acceptors (Lipinski definition) is 3. The molecule has 0 radical (unpaired) electrons. The molecule has 2 aliphatic rings. The number of hydrogen-bond donors (Lipinski definition) is 1. The fourth-order valence-corrected chi connectivity index (χ4v) is 3.04. The van der Waals surface area contributed by atoms with Crippen LogP contribution in [-0.4, -0.2) is 45.8 Å². The van der Waals surface area contributed by atoms with Crippen LogP contribution in [0.5, 0.6) is 0 Å². The first-order chi connectivity index (χ1) is 9.06. The first-order valence-corrected chi connectivity index (χ1v) is 7.11. The Morgan fingerprint density at radius 2 is 2.05 bits per heavy atom. The molecule has 19 heavy (non-hydrogen) atoms. The van der Waals surface area contributed by atoms with Crippen LogP contribution in [-0.2, 0) is 7.05 Å². The molecule has 0 aromatic carbocycles. The summed E-state index contributed by atoms with van der Waals surface area (Å²) < 4.78 is 1.77. The van der Waals surface area contributed by atoms with E-state index in [1.54, 1.807) is 4.68 Å². The Hall–Kier alpha value is -1.36. The van der Waals surface area contributed by atoms with Gasteiger partial charge in [-0.15, -0.1) is 0 Å². The van der Waals surface area contributed by atoms with Gasteiger partial charge in [-0.2, -0.15) is 5.10 Å². The molecule has 5 heteroatoms. The van der Waals surface area contributed by atoms with Crippen LogP contribution in [0.25, 0.3) is 0 Å². The Balaban J connectivity index is 1.65. The molecule has 3 rings (SSSR count). The van der Waals surface area contributed by atoms with E-state index in [9.17, 15) is 4.79 Å². The van der Waals surface area contributed by atoms with E-state index in [1.807, 2.05) is 20.9 Å². The highest BCUT2D eigenvalue weighted by atomic mass is 16.1. The number of carbonyl (C=O) groups excluding carboxylic acids is 1. The first-order valence-electron chi connectivity index (χ1n) is 7.11. The summed E-state index contributed by atoms with van der Waals surface area (Å²) >= 11 is 0. The molecule has 1 atom stereocenters. The van der Waals surface area contributed by atoms with Crippen LogP contribution in [0, 0.1) is 13.8 Å². The van der Waals surface area contributed by atoms with Gasteiger partial charge in [-0.3, -0.25) is 14.4 Å². The Morgan fingerprint density at radius 3 is 2.63 bits per heavy atom. The topological polar surface area (TPSA) is 50.2 Å². The molecule has 0 bridgehead atoms. The third-order valence-electron chi connectivity index (χ3n) is 4.35. The predicted molar refractivity (Wildman–Crippen MR) is 73.1 cm³/mol. The van der Waals surface area contributed by atoms with Gasteiger partial charge in [0.05, 0.1) is 11.3 Å². The van der Waals surface area contributed by atoms with Crippen LogP contribution in [0.4, 0.5) is 0 Å². The second-order valence-electron chi connectivity index (χ2n) is 5.85. The average molecular weight is 262 g/mol. The van der Waals surface area contributed by atoms with E-state index < -0.39 is 0 Å². The highest BCUT2D eigenvalue weighted by Crippen LogP contribution is 2.29. The summed E-state index contributed by atoms with van der Waals surface area (Å²) in [6.45, 7) is 5.97. The molecular formula is C14H22N4O. The maximum absolute atomic E-state index is 12.4. The van der Waals surface area contributed by atoms with Crippen molar-refractivity contribution in [2.75, 3.05) is 13.1 Å². The van der Waals surface area contributed by atoms with E-state index in [-0.39, 0.29) is 5.91 Å². The number of carbonyl (C=O) groups is 1. The Labute approximate surface area is 114 Å². The van der Waals surface area contributed by atoms with Gasteiger partial charge in [0, 0.05) is 37.9 Å². The Kier molecular flexibility index (Phi) is 3.09. The largest absolute Gasteiger partial charge is 0.348 e. The Morgan fingerprint density at radius 1 is 1.32 bits per heavy atom. The van der Waals surface area contributed by atoms with Gasteiger partial charge in [-0.1, -0.05) is 0 Å². The van der Waals surface area contributed by atoms with Crippen molar-refractivity contribution in [1.82, 2.24) is 20.0 Å². The molecular weight excluding hydrogens is 240 g/mol. The van der Waals surface area contributed by atoms with Crippen LogP contribution in [0.15, 0.2) is 0 Å². The molecule has 1 amide bonds. The lowest BCUT2D eigenvalue weighted by atomic mass is 10.1. The van der Waals surface area contributed by atoms with Crippen molar-refractivity contribution in [3.8, 4) is 0 Å². The molecule has 1 aliphatic heterocycles.